The second-order valence-corrected chi connectivity index (χ2v) is 6.06. The molecule has 0 aliphatic heterocycles. The first kappa shape index (κ1) is 14.2. The van der Waals surface area contributed by atoms with E-state index in [1.54, 1.807) is 0 Å². The number of allylic oxidation sites excluding steroid dienone is 1. The van der Waals surface area contributed by atoms with Crippen molar-refractivity contribution >= 4 is 19.1 Å². The first-order valence-electron chi connectivity index (χ1n) is 7.86. The van der Waals surface area contributed by atoms with E-state index in [1.807, 2.05) is 0 Å². The smallest absolute Gasteiger partial charge is 0.125 e. The number of aromatic nitrogens is 2. The van der Waals surface area contributed by atoms with E-state index in [-0.39, 0.29) is 0 Å². The van der Waals surface area contributed by atoms with Gasteiger partial charge in [-0.05, 0) is 5.56 Å². The first-order valence-corrected chi connectivity index (χ1v) is 7.86. The highest BCUT2D eigenvalue weighted by Gasteiger charge is 2.15. The lowest BCUT2D eigenvalue weighted by Crippen LogP contribution is -2.50. The Morgan fingerprint density at radius 1 is 1.24 bits per heavy atom. The molecule has 21 heavy (non-hydrogen) atoms. The van der Waals surface area contributed by atoms with Crippen molar-refractivity contribution in [2.45, 2.75) is 25.7 Å². The maximum Gasteiger partial charge on any atom is 0.125 e. The van der Waals surface area contributed by atoms with Crippen LogP contribution in [0.1, 0.15) is 31.2 Å². The molecular formula is C18H23BN2. The van der Waals surface area contributed by atoms with Gasteiger partial charge in [0.1, 0.15) is 12.4 Å². The second kappa shape index (κ2) is 6.34. The molecular weight excluding hydrogens is 255 g/mol. The Morgan fingerprint density at radius 2 is 1.95 bits per heavy atom. The van der Waals surface area contributed by atoms with Crippen molar-refractivity contribution < 1.29 is 4.57 Å². The molecule has 108 valence electrons. The van der Waals surface area contributed by atoms with Crippen molar-refractivity contribution in [2.75, 3.05) is 0 Å². The zero-order chi connectivity index (χ0) is 14.7. The van der Waals surface area contributed by atoms with Gasteiger partial charge < -0.3 is 0 Å². The lowest BCUT2D eigenvalue weighted by Gasteiger charge is -2.26. The van der Waals surface area contributed by atoms with E-state index < -0.39 is 0 Å². The average Bonchev–Trinajstić information content (AvgIpc) is 3.13. The highest BCUT2D eigenvalue weighted by atomic mass is 15.1. The van der Waals surface area contributed by atoms with Crippen LogP contribution in [0.3, 0.4) is 0 Å². The fourth-order valence-electron chi connectivity index (χ4n) is 3.23. The normalized spacial score (nSPS) is 16.6. The standard InChI is InChI=1S/C18H23BN2/c1-20-12-13-21(2)18(20)19-17(16-10-6-7-11-16)14-15-8-4-3-5-9-15/h3-5,8-9,12-14,16H,6-7,10-11H2,1-2H3/b17-14-. The van der Waals surface area contributed by atoms with E-state index in [2.05, 4.69) is 79.3 Å². The van der Waals surface area contributed by atoms with Crippen molar-refractivity contribution in [3.8, 4) is 0 Å². The molecule has 3 rings (SSSR count). The molecule has 0 N–H and O–H groups in total. The lowest BCUT2D eigenvalue weighted by atomic mass is 9.62. The summed E-state index contributed by atoms with van der Waals surface area (Å²) in [4.78, 5) is 0. The minimum absolute atomic E-state index is 0.708. The average molecular weight is 278 g/mol. The van der Waals surface area contributed by atoms with Gasteiger partial charge in [-0.25, -0.2) is 0 Å². The Balaban J connectivity index is 1.91. The Morgan fingerprint density at radius 3 is 2.57 bits per heavy atom. The summed E-state index contributed by atoms with van der Waals surface area (Å²) in [6.07, 6.45) is 12.0. The van der Waals surface area contributed by atoms with Gasteiger partial charge in [-0.1, -0.05) is 68.0 Å². The third-order valence-electron chi connectivity index (χ3n) is 4.49. The van der Waals surface area contributed by atoms with Gasteiger partial charge in [-0.2, -0.15) is 7.28 Å². The number of imidazole rings is 1. The Bertz CT molecular complexity index is 602. The summed E-state index contributed by atoms with van der Waals surface area (Å²) in [5.74, 6) is 0.708. The molecule has 0 spiro atoms. The highest BCUT2D eigenvalue weighted by molar-refractivity contribution is 6.59. The van der Waals surface area contributed by atoms with Crippen molar-refractivity contribution in [1.82, 2.24) is 4.57 Å². The molecule has 0 atom stereocenters. The van der Waals surface area contributed by atoms with Crippen LogP contribution in [0.15, 0.2) is 48.2 Å². The third kappa shape index (κ3) is 3.29. The van der Waals surface area contributed by atoms with Gasteiger partial charge in [-0.15, -0.1) is 0 Å². The van der Waals surface area contributed by atoms with Crippen LogP contribution in [-0.4, -0.2) is 11.8 Å². The van der Waals surface area contributed by atoms with Gasteiger partial charge in [0.05, 0.1) is 14.1 Å². The van der Waals surface area contributed by atoms with Crippen LogP contribution in [0.2, 0.25) is 0 Å². The fourth-order valence-corrected chi connectivity index (χ4v) is 3.23. The molecule has 1 heterocycles. The van der Waals surface area contributed by atoms with Crippen molar-refractivity contribution in [2.24, 2.45) is 20.0 Å². The summed E-state index contributed by atoms with van der Waals surface area (Å²) in [5.41, 5.74) is 4.02. The largest absolute Gasteiger partial charge is 0.285 e. The van der Waals surface area contributed by atoms with Gasteiger partial charge in [0.2, 0.25) is 0 Å². The molecule has 0 bridgehead atoms. The topological polar surface area (TPSA) is 8.81 Å². The van der Waals surface area contributed by atoms with Crippen LogP contribution in [0.25, 0.3) is 6.08 Å². The number of nitrogens with zero attached hydrogens (tertiary/aromatic N) is 2. The molecule has 2 nitrogen and oxygen atoms in total. The minimum Gasteiger partial charge on any atom is -0.285 e. The maximum atomic E-state index is 2.36. The van der Waals surface area contributed by atoms with Gasteiger partial charge in [0.25, 0.3) is 0 Å². The van der Waals surface area contributed by atoms with Crippen molar-refractivity contribution in [3.63, 3.8) is 0 Å². The molecule has 2 radical (unpaired) electrons. The van der Waals surface area contributed by atoms with Crippen molar-refractivity contribution in [3.05, 3.63) is 53.8 Å². The summed E-state index contributed by atoms with van der Waals surface area (Å²) in [5, 5.41) is 0. The van der Waals surface area contributed by atoms with Crippen LogP contribution in [-0.2, 0) is 14.1 Å². The Hall–Kier alpha value is -1.77. The van der Waals surface area contributed by atoms with E-state index in [4.69, 9.17) is 0 Å². The summed E-state index contributed by atoms with van der Waals surface area (Å²) in [6, 6.07) is 10.7. The molecule has 0 amide bonds. The number of hydrogen-bond acceptors (Lipinski definition) is 0. The molecule has 3 heteroatoms. The monoisotopic (exact) mass is 278 g/mol. The van der Waals surface area contributed by atoms with E-state index >= 15 is 0 Å². The van der Waals surface area contributed by atoms with Crippen LogP contribution in [0.4, 0.5) is 0 Å². The minimum atomic E-state index is 0.708. The van der Waals surface area contributed by atoms with Gasteiger partial charge in [0.15, 0.2) is 0 Å². The summed E-state index contributed by atoms with van der Waals surface area (Å²) in [6.45, 7) is 0. The molecule has 1 aliphatic rings. The predicted molar refractivity (Wildman–Crippen MR) is 88.4 cm³/mol. The molecule has 1 aromatic heterocycles. The predicted octanol–water partition coefficient (Wildman–Crippen LogP) is 2.41. The summed E-state index contributed by atoms with van der Waals surface area (Å²) < 4.78 is 4.38. The molecule has 0 saturated heterocycles. The first-order chi connectivity index (χ1) is 10.2. The number of aryl methyl sites for hydroxylation is 2. The van der Waals surface area contributed by atoms with Crippen LogP contribution >= 0.6 is 0 Å². The molecule has 1 aliphatic carbocycles. The molecule has 0 unspecified atom stereocenters. The summed E-state index contributed by atoms with van der Waals surface area (Å²) in [7, 11) is 6.59. The van der Waals surface area contributed by atoms with E-state index in [0.717, 1.165) is 0 Å². The number of rotatable bonds is 4. The quantitative estimate of drug-likeness (QED) is 0.600. The van der Waals surface area contributed by atoms with Crippen LogP contribution < -0.4 is 10.3 Å². The lowest BCUT2D eigenvalue weighted by molar-refractivity contribution is -0.652. The van der Waals surface area contributed by atoms with Crippen LogP contribution in [0, 0.1) is 5.92 Å². The molecule has 1 saturated carbocycles. The zero-order valence-electron chi connectivity index (χ0n) is 13.0. The Labute approximate surface area is 128 Å². The SMILES string of the molecule is Cn1cc[n+](C)c1[B-]/C(=C\c1ccccc1)C1CCCC1. The summed E-state index contributed by atoms with van der Waals surface area (Å²) >= 11 is 0. The second-order valence-electron chi connectivity index (χ2n) is 6.06. The van der Waals surface area contributed by atoms with E-state index in [1.165, 1.54) is 42.4 Å². The highest BCUT2D eigenvalue weighted by Crippen LogP contribution is 2.31. The maximum absolute atomic E-state index is 2.36. The number of benzene rings is 1. The van der Waals surface area contributed by atoms with E-state index in [0.29, 0.717) is 5.92 Å². The van der Waals surface area contributed by atoms with Gasteiger partial charge in [0, 0.05) is 5.72 Å². The van der Waals surface area contributed by atoms with Crippen molar-refractivity contribution in [1.29, 1.82) is 0 Å². The Kier molecular flexibility index (Phi) is 4.28. The van der Waals surface area contributed by atoms with E-state index in [9.17, 15) is 0 Å². The molecule has 1 aromatic carbocycles. The third-order valence-corrected chi connectivity index (χ3v) is 4.49. The molecule has 1 fully saturated rings. The van der Waals surface area contributed by atoms with Gasteiger partial charge >= 0.3 is 0 Å². The zero-order valence-corrected chi connectivity index (χ0v) is 13.0. The number of hydrogen-bond donors (Lipinski definition) is 0. The van der Waals surface area contributed by atoms with Crippen LogP contribution in [0.5, 0.6) is 0 Å². The fraction of sp³-hybridized carbons (Fsp3) is 0.389. The van der Waals surface area contributed by atoms with Gasteiger partial charge in [-0.3, -0.25) is 14.6 Å². The molecule has 2 aromatic rings.